The van der Waals surface area contributed by atoms with Gasteiger partial charge in [0.05, 0.1) is 6.54 Å². The van der Waals surface area contributed by atoms with Crippen LogP contribution < -0.4 is 10.0 Å². The molecule has 1 aliphatic heterocycles. The molecule has 2 heterocycles. The van der Waals surface area contributed by atoms with Crippen molar-refractivity contribution in [3.63, 3.8) is 0 Å². The standard InChI is InChI=1S/C14H24N2O3S2/c1-2-7-15-11-13-3-4-14(19-13)21(17,18)16-10-12-5-8-20-9-6-12/h3-4,12,15-16H,2,5-11H2,1H3. The average Bonchev–Trinajstić information content (AvgIpc) is 2.96. The van der Waals surface area contributed by atoms with Crippen LogP contribution in [-0.4, -0.2) is 33.0 Å². The van der Waals surface area contributed by atoms with E-state index >= 15 is 0 Å². The Hall–Kier alpha value is -0.500. The quantitative estimate of drug-likeness (QED) is 0.714. The highest BCUT2D eigenvalue weighted by Gasteiger charge is 2.21. The van der Waals surface area contributed by atoms with Crippen LogP contribution in [0.15, 0.2) is 21.6 Å². The van der Waals surface area contributed by atoms with Gasteiger partial charge >= 0.3 is 0 Å². The summed E-state index contributed by atoms with van der Waals surface area (Å²) >= 11 is 1.94. The predicted molar refractivity (Wildman–Crippen MR) is 85.9 cm³/mol. The van der Waals surface area contributed by atoms with E-state index in [9.17, 15) is 8.42 Å². The molecule has 1 aliphatic rings. The minimum Gasteiger partial charge on any atom is -0.447 e. The van der Waals surface area contributed by atoms with E-state index in [-0.39, 0.29) is 5.09 Å². The van der Waals surface area contributed by atoms with Crippen molar-refractivity contribution in [2.75, 3.05) is 24.6 Å². The number of furan rings is 1. The lowest BCUT2D eigenvalue weighted by Gasteiger charge is -2.21. The van der Waals surface area contributed by atoms with Gasteiger partial charge in [0.1, 0.15) is 5.76 Å². The molecule has 7 heteroatoms. The molecular weight excluding hydrogens is 308 g/mol. The maximum absolute atomic E-state index is 12.2. The minimum atomic E-state index is -3.52. The van der Waals surface area contributed by atoms with Crippen LogP contribution in [0.4, 0.5) is 0 Å². The molecule has 0 amide bonds. The molecule has 1 aromatic heterocycles. The van der Waals surface area contributed by atoms with Crippen molar-refractivity contribution in [2.24, 2.45) is 5.92 Å². The fourth-order valence-electron chi connectivity index (χ4n) is 2.24. The SMILES string of the molecule is CCCNCc1ccc(S(=O)(=O)NCC2CCSCC2)o1. The summed E-state index contributed by atoms with van der Waals surface area (Å²) in [7, 11) is -3.52. The third-order valence-electron chi connectivity index (χ3n) is 3.53. The van der Waals surface area contributed by atoms with Crippen molar-refractivity contribution >= 4 is 21.8 Å². The summed E-state index contributed by atoms with van der Waals surface area (Å²) in [5.74, 6) is 3.35. The summed E-state index contributed by atoms with van der Waals surface area (Å²) in [4.78, 5) is 0. The second kappa shape index (κ2) is 8.22. The van der Waals surface area contributed by atoms with E-state index in [2.05, 4.69) is 17.0 Å². The van der Waals surface area contributed by atoms with Gasteiger partial charge in [0.15, 0.2) is 0 Å². The number of rotatable bonds is 8. The highest BCUT2D eigenvalue weighted by Crippen LogP contribution is 2.22. The Kier molecular flexibility index (Phi) is 6.60. The second-order valence-electron chi connectivity index (χ2n) is 5.31. The molecule has 0 aromatic carbocycles. The first-order valence-electron chi connectivity index (χ1n) is 7.48. The molecule has 0 bridgehead atoms. The van der Waals surface area contributed by atoms with Gasteiger partial charge in [-0.25, -0.2) is 13.1 Å². The first-order valence-corrected chi connectivity index (χ1v) is 10.1. The lowest BCUT2D eigenvalue weighted by Crippen LogP contribution is -2.30. The summed E-state index contributed by atoms with van der Waals surface area (Å²) in [6, 6.07) is 3.25. The summed E-state index contributed by atoms with van der Waals surface area (Å²) in [6.45, 7) is 4.04. The van der Waals surface area contributed by atoms with Gasteiger partial charge in [0, 0.05) is 6.54 Å². The molecule has 0 spiro atoms. The molecule has 0 atom stereocenters. The Bertz CT molecular complexity index is 522. The molecule has 120 valence electrons. The Labute approximate surface area is 131 Å². The maximum atomic E-state index is 12.2. The third kappa shape index (κ3) is 5.32. The monoisotopic (exact) mass is 332 g/mol. The first-order chi connectivity index (χ1) is 10.1. The Morgan fingerprint density at radius 1 is 1.33 bits per heavy atom. The van der Waals surface area contributed by atoms with E-state index in [1.807, 2.05) is 11.8 Å². The molecule has 5 nitrogen and oxygen atoms in total. The molecule has 2 N–H and O–H groups in total. The zero-order chi connectivity index (χ0) is 15.1. The number of sulfonamides is 1. The van der Waals surface area contributed by atoms with Gasteiger partial charge in [-0.15, -0.1) is 0 Å². The van der Waals surface area contributed by atoms with Crippen molar-refractivity contribution in [2.45, 2.75) is 37.8 Å². The third-order valence-corrected chi connectivity index (χ3v) is 5.88. The van der Waals surface area contributed by atoms with Crippen LogP contribution in [-0.2, 0) is 16.6 Å². The van der Waals surface area contributed by atoms with E-state index in [4.69, 9.17) is 4.42 Å². The van der Waals surface area contributed by atoms with Gasteiger partial charge in [-0.3, -0.25) is 0 Å². The predicted octanol–water partition coefficient (Wildman–Crippen LogP) is 2.20. The fraction of sp³-hybridized carbons (Fsp3) is 0.714. The molecule has 0 unspecified atom stereocenters. The highest BCUT2D eigenvalue weighted by molar-refractivity contribution is 7.99. The fourth-order valence-corrected chi connectivity index (χ4v) is 4.50. The summed E-state index contributed by atoms with van der Waals surface area (Å²) in [5.41, 5.74) is 0. The molecule has 0 radical (unpaired) electrons. The van der Waals surface area contributed by atoms with Gasteiger partial charge < -0.3 is 9.73 Å². The van der Waals surface area contributed by atoms with Gasteiger partial charge in [-0.1, -0.05) is 6.92 Å². The molecule has 0 aliphatic carbocycles. The van der Waals surface area contributed by atoms with Gasteiger partial charge in [-0.05, 0) is 55.4 Å². The zero-order valence-corrected chi connectivity index (χ0v) is 14.1. The molecule has 2 rings (SSSR count). The molecule has 21 heavy (non-hydrogen) atoms. The van der Waals surface area contributed by atoms with Crippen LogP contribution in [0.2, 0.25) is 0 Å². The van der Waals surface area contributed by atoms with E-state index in [0.29, 0.717) is 24.8 Å². The largest absolute Gasteiger partial charge is 0.447 e. The maximum Gasteiger partial charge on any atom is 0.273 e. The summed E-state index contributed by atoms with van der Waals surface area (Å²) < 4.78 is 32.5. The summed E-state index contributed by atoms with van der Waals surface area (Å²) in [6.07, 6.45) is 3.20. The molecular formula is C14H24N2O3S2. The molecule has 1 aromatic rings. The normalized spacial score (nSPS) is 17.2. The molecule has 1 saturated heterocycles. The highest BCUT2D eigenvalue weighted by atomic mass is 32.2. The van der Waals surface area contributed by atoms with Crippen LogP contribution >= 0.6 is 11.8 Å². The van der Waals surface area contributed by atoms with Crippen LogP contribution in [0.25, 0.3) is 0 Å². The Morgan fingerprint density at radius 2 is 2.10 bits per heavy atom. The number of nitrogens with one attached hydrogen (secondary N) is 2. The first kappa shape index (κ1) is 16.9. The number of hydrogen-bond acceptors (Lipinski definition) is 5. The van der Waals surface area contributed by atoms with Gasteiger partial charge in [-0.2, -0.15) is 11.8 Å². The smallest absolute Gasteiger partial charge is 0.273 e. The second-order valence-corrected chi connectivity index (χ2v) is 8.23. The van der Waals surface area contributed by atoms with Crippen molar-refractivity contribution < 1.29 is 12.8 Å². The van der Waals surface area contributed by atoms with E-state index in [0.717, 1.165) is 37.3 Å². The average molecular weight is 332 g/mol. The van der Waals surface area contributed by atoms with Crippen molar-refractivity contribution in [1.82, 2.24) is 10.0 Å². The van der Waals surface area contributed by atoms with Crippen molar-refractivity contribution in [1.29, 1.82) is 0 Å². The Balaban J connectivity index is 1.86. The Morgan fingerprint density at radius 3 is 2.81 bits per heavy atom. The van der Waals surface area contributed by atoms with Crippen LogP contribution in [0, 0.1) is 5.92 Å². The van der Waals surface area contributed by atoms with Crippen molar-refractivity contribution in [3.8, 4) is 0 Å². The van der Waals surface area contributed by atoms with E-state index < -0.39 is 10.0 Å². The number of hydrogen-bond donors (Lipinski definition) is 2. The summed E-state index contributed by atoms with van der Waals surface area (Å²) in [5, 5.41) is 3.20. The zero-order valence-electron chi connectivity index (χ0n) is 12.4. The van der Waals surface area contributed by atoms with Gasteiger partial charge in [0.25, 0.3) is 10.0 Å². The van der Waals surface area contributed by atoms with Crippen molar-refractivity contribution in [3.05, 3.63) is 17.9 Å². The van der Waals surface area contributed by atoms with Crippen LogP contribution in [0.3, 0.4) is 0 Å². The van der Waals surface area contributed by atoms with Crippen LogP contribution in [0.1, 0.15) is 31.9 Å². The lowest BCUT2D eigenvalue weighted by molar-refractivity contribution is 0.396. The topological polar surface area (TPSA) is 71.3 Å². The number of thioether (sulfide) groups is 1. The minimum absolute atomic E-state index is 0.0148. The lowest BCUT2D eigenvalue weighted by atomic mass is 10.0. The van der Waals surface area contributed by atoms with Gasteiger partial charge in [0.2, 0.25) is 5.09 Å². The molecule has 0 saturated carbocycles. The van der Waals surface area contributed by atoms with E-state index in [1.54, 1.807) is 6.07 Å². The van der Waals surface area contributed by atoms with E-state index in [1.165, 1.54) is 6.07 Å². The molecule has 1 fully saturated rings. The van der Waals surface area contributed by atoms with Crippen LogP contribution in [0.5, 0.6) is 0 Å².